The number of halogens is 3. The minimum atomic E-state index is -0.227. The van der Waals surface area contributed by atoms with Crippen LogP contribution in [0.2, 0.25) is 0 Å². The van der Waals surface area contributed by atoms with Gasteiger partial charge in [-0.2, -0.15) is 0 Å². The Morgan fingerprint density at radius 1 is 1.22 bits per heavy atom. The van der Waals surface area contributed by atoms with E-state index in [1.807, 2.05) is 18.2 Å². The van der Waals surface area contributed by atoms with E-state index in [1.54, 1.807) is 18.2 Å². The summed E-state index contributed by atoms with van der Waals surface area (Å²) in [5, 5.41) is 2.81. The van der Waals surface area contributed by atoms with Crippen LogP contribution in [0.3, 0.4) is 0 Å². The average Bonchev–Trinajstić information content (AvgIpc) is 2.34. The van der Waals surface area contributed by atoms with Gasteiger partial charge in [0.15, 0.2) is 0 Å². The number of rotatable bonds is 2. The summed E-state index contributed by atoms with van der Waals surface area (Å²) in [6.07, 6.45) is 0. The molecular formula is C12H7Br2IN2O. The van der Waals surface area contributed by atoms with Gasteiger partial charge >= 0.3 is 0 Å². The molecule has 0 aliphatic carbocycles. The maximum atomic E-state index is 12.0. The molecule has 0 bridgehead atoms. The molecule has 1 heterocycles. The van der Waals surface area contributed by atoms with Crippen molar-refractivity contribution < 1.29 is 4.79 Å². The minimum absolute atomic E-state index is 0.227. The average molecular weight is 482 g/mol. The predicted molar refractivity (Wildman–Crippen MR) is 86.7 cm³/mol. The van der Waals surface area contributed by atoms with Crippen LogP contribution >= 0.6 is 54.5 Å². The summed E-state index contributed by atoms with van der Waals surface area (Å²) in [6, 6.07) is 10.8. The van der Waals surface area contributed by atoms with Gasteiger partial charge < -0.3 is 5.32 Å². The zero-order valence-electron chi connectivity index (χ0n) is 8.95. The molecule has 1 aromatic heterocycles. The number of amides is 1. The first-order valence-corrected chi connectivity index (χ1v) is 7.62. The molecule has 1 N–H and O–H groups in total. The second kappa shape index (κ2) is 6.12. The normalized spacial score (nSPS) is 10.2. The summed E-state index contributed by atoms with van der Waals surface area (Å²) in [5.74, 6) is -0.227. The zero-order chi connectivity index (χ0) is 13.1. The van der Waals surface area contributed by atoms with Crippen molar-refractivity contribution >= 4 is 66.0 Å². The molecule has 0 aliphatic heterocycles. The predicted octanol–water partition coefficient (Wildman–Crippen LogP) is 4.46. The monoisotopic (exact) mass is 480 g/mol. The Labute approximate surface area is 135 Å². The van der Waals surface area contributed by atoms with E-state index < -0.39 is 0 Å². The fourth-order valence-electron chi connectivity index (χ4n) is 1.30. The lowest BCUT2D eigenvalue weighted by molar-refractivity contribution is 0.102. The van der Waals surface area contributed by atoms with Crippen LogP contribution in [0.1, 0.15) is 10.5 Å². The third kappa shape index (κ3) is 3.52. The lowest BCUT2D eigenvalue weighted by Crippen LogP contribution is -2.13. The van der Waals surface area contributed by atoms with E-state index in [0.717, 1.165) is 13.7 Å². The van der Waals surface area contributed by atoms with Crippen molar-refractivity contribution in [2.75, 3.05) is 5.32 Å². The van der Waals surface area contributed by atoms with Crippen molar-refractivity contribution in [1.82, 2.24) is 4.98 Å². The van der Waals surface area contributed by atoms with E-state index in [2.05, 4.69) is 64.8 Å². The van der Waals surface area contributed by atoms with E-state index in [-0.39, 0.29) is 5.91 Å². The van der Waals surface area contributed by atoms with E-state index in [0.29, 0.717) is 10.3 Å². The Bertz CT molecular complexity index is 604. The van der Waals surface area contributed by atoms with E-state index in [4.69, 9.17) is 0 Å². The second-order valence-electron chi connectivity index (χ2n) is 3.43. The number of benzene rings is 1. The van der Waals surface area contributed by atoms with Gasteiger partial charge in [0.25, 0.3) is 5.91 Å². The first-order chi connectivity index (χ1) is 8.56. The van der Waals surface area contributed by atoms with Gasteiger partial charge in [-0.1, -0.05) is 6.07 Å². The van der Waals surface area contributed by atoms with Crippen LogP contribution in [-0.4, -0.2) is 10.9 Å². The fraction of sp³-hybridized carbons (Fsp3) is 0. The molecule has 0 saturated heterocycles. The van der Waals surface area contributed by atoms with Gasteiger partial charge in [-0.3, -0.25) is 4.79 Å². The highest BCUT2D eigenvalue weighted by Crippen LogP contribution is 2.22. The van der Waals surface area contributed by atoms with Gasteiger partial charge in [-0.25, -0.2) is 4.98 Å². The van der Waals surface area contributed by atoms with Gasteiger partial charge in [-0.05, 0) is 84.8 Å². The number of carbonyl (C=O) groups excluding carboxylic acids is 1. The largest absolute Gasteiger partial charge is 0.321 e. The smallest absolute Gasteiger partial charge is 0.274 e. The van der Waals surface area contributed by atoms with Gasteiger partial charge in [0.05, 0.1) is 0 Å². The number of nitrogens with one attached hydrogen (secondary N) is 1. The third-order valence-electron chi connectivity index (χ3n) is 2.13. The maximum Gasteiger partial charge on any atom is 0.274 e. The van der Waals surface area contributed by atoms with E-state index >= 15 is 0 Å². The molecule has 0 radical (unpaired) electrons. The van der Waals surface area contributed by atoms with Crippen LogP contribution in [0.25, 0.3) is 0 Å². The lowest BCUT2D eigenvalue weighted by Gasteiger charge is -2.06. The Morgan fingerprint density at radius 3 is 2.67 bits per heavy atom. The molecule has 18 heavy (non-hydrogen) atoms. The molecular weight excluding hydrogens is 475 g/mol. The Morgan fingerprint density at radius 2 is 2.00 bits per heavy atom. The van der Waals surface area contributed by atoms with E-state index in [9.17, 15) is 4.79 Å². The molecule has 1 aromatic carbocycles. The third-order valence-corrected chi connectivity index (χ3v) is 4.89. The number of hydrogen-bond acceptors (Lipinski definition) is 2. The molecule has 0 saturated carbocycles. The Kier molecular flexibility index (Phi) is 4.74. The van der Waals surface area contributed by atoms with Crippen LogP contribution in [0.15, 0.2) is 45.5 Å². The molecule has 2 aromatic rings. The number of carbonyl (C=O) groups is 1. The molecule has 0 fully saturated rings. The van der Waals surface area contributed by atoms with Gasteiger partial charge in [-0.15, -0.1) is 0 Å². The number of pyridine rings is 1. The Hall–Kier alpha value is -0.470. The highest BCUT2D eigenvalue weighted by Gasteiger charge is 2.08. The van der Waals surface area contributed by atoms with Gasteiger partial charge in [0, 0.05) is 13.7 Å². The van der Waals surface area contributed by atoms with Gasteiger partial charge in [0.2, 0.25) is 0 Å². The second-order valence-corrected chi connectivity index (χ2v) is 6.26. The highest BCUT2D eigenvalue weighted by atomic mass is 127. The molecule has 0 unspecified atom stereocenters. The molecule has 92 valence electrons. The number of hydrogen-bond donors (Lipinski definition) is 1. The summed E-state index contributed by atoms with van der Waals surface area (Å²) < 4.78 is 2.68. The van der Waals surface area contributed by atoms with Crippen molar-refractivity contribution in [3.8, 4) is 0 Å². The van der Waals surface area contributed by atoms with Crippen molar-refractivity contribution in [2.24, 2.45) is 0 Å². The molecule has 6 heteroatoms. The molecule has 0 atom stereocenters. The van der Waals surface area contributed by atoms with E-state index in [1.165, 1.54) is 0 Å². The van der Waals surface area contributed by atoms with Crippen molar-refractivity contribution in [1.29, 1.82) is 0 Å². The quantitative estimate of drug-likeness (QED) is 0.508. The van der Waals surface area contributed by atoms with Crippen LogP contribution in [0, 0.1) is 3.57 Å². The maximum absolute atomic E-state index is 12.0. The highest BCUT2D eigenvalue weighted by molar-refractivity contribution is 14.1. The molecule has 3 nitrogen and oxygen atoms in total. The van der Waals surface area contributed by atoms with Crippen molar-refractivity contribution in [3.63, 3.8) is 0 Å². The summed E-state index contributed by atoms with van der Waals surface area (Å²) in [7, 11) is 0. The van der Waals surface area contributed by atoms with Crippen molar-refractivity contribution in [2.45, 2.75) is 0 Å². The first kappa shape index (κ1) is 14.0. The summed E-state index contributed by atoms with van der Waals surface area (Å²) in [6.45, 7) is 0. The SMILES string of the molecule is O=C(Nc1ccc(Br)c(I)c1)c1cccc(Br)n1. The summed E-state index contributed by atoms with van der Waals surface area (Å²) >= 11 is 8.85. The number of aromatic nitrogens is 1. The first-order valence-electron chi connectivity index (χ1n) is 4.95. The zero-order valence-corrected chi connectivity index (χ0v) is 14.3. The fourth-order valence-corrected chi connectivity index (χ4v) is 2.41. The van der Waals surface area contributed by atoms with Crippen molar-refractivity contribution in [3.05, 3.63) is 54.7 Å². The standard InChI is InChI=1S/C12H7Br2IN2O/c13-8-5-4-7(6-9(8)15)16-12(18)10-2-1-3-11(14)17-10/h1-6H,(H,16,18). The van der Waals surface area contributed by atoms with Crippen LogP contribution < -0.4 is 5.32 Å². The molecule has 2 rings (SSSR count). The number of nitrogens with zero attached hydrogens (tertiary/aromatic N) is 1. The summed E-state index contributed by atoms with van der Waals surface area (Å²) in [5.41, 5.74) is 1.12. The summed E-state index contributed by atoms with van der Waals surface area (Å²) in [4.78, 5) is 16.1. The molecule has 1 amide bonds. The molecule has 0 spiro atoms. The minimum Gasteiger partial charge on any atom is -0.321 e. The van der Waals surface area contributed by atoms with Gasteiger partial charge in [0.1, 0.15) is 10.3 Å². The topological polar surface area (TPSA) is 42.0 Å². The Balaban J connectivity index is 2.18. The van der Waals surface area contributed by atoms with Crippen LogP contribution in [0.4, 0.5) is 5.69 Å². The molecule has 0 aliphatic rings. The van der Waals surface area contributed by atoms with Crippen LogP contribution in [-0.2, 0) is 0 Å². The lowest BCUT2D eigenvalue weighted by atomic mass is 10.3. The van der Waals surface area contributed by atoms with Crippen LogP contribution in [0.5, 0.6) is 0 Å². The number of anilines is 1.